The van der Waals surface area contributed by atoms with Crippen molar-refractivity contribution in [1.82, 2.24) is 0 Å². The monoisotopic (exact) mass is 532 g/mol. The Morgan fingerprint density at radius 2 is 1.55 bits per heavy atom. The molecule has 208 valence electrons. The molecule has 0 amide bonds. The molecular formula is C28H36O10. The minimum Gasteiger partial charge on any atom is -0.465 e. The summed E-state index contributed by atoms with van der Waals surface area (Å²) in [6.07, 6.45) is 1.11. The van der Waals surface area contributed by atoms with Crippen molar-refractivity contribution in [3.8, 4) is 0 Å². The largest absolute Gasteiger partial charge is 0.465 e. The van der Waals surface area contributed by atoms with Gasteiger partial charge < -0.3 is 24.1 Å². The van der Waals surface area contributed by atoms with Crippen molar-refractivity contribution in [3.05, 3.63) is 23.3 Å². The molecular weight excluding hydrogens is 496 g/mol. The molecule has 10 nitrogen and oxygen atoms in total. The molecule has 0 aromatic heterocycles. The zero-order valence-corrected chi connectivity index (χ0v) is 22.9. The smallest absolute Gasteiger partial charge is 0.303 e. The average molecular weight is 533 g/mol. The number of carbonyl (C=O) groups is 5. The Morgan fingerprint density at radius 3 is 2.11 bits per heavy atom. The fourth-order valence-electron chi connectivity index (χ4n) is 7.53. The maximum Gasteiger partial charge on any atom is 0.303 e. The Balaban J connectivity index is 1.95. The molecule has 4 aliphatic carbocycles. The van der Waals surface area contributed by atoms with Crippen molar-refractivity contribution < 1.29 is 48.0 Å². The van der Waals surface area contributed by atoms with Gasteiger partial charge in [0, 0.05) is 44.6 Å². The first-order valence-electron chi connectivity index (χ1n) is 12.9. The highest BCUT2D eigenvalue weighted by Gasteiger charge is 2.78. The van der Waals surface area contributed by atoms with Crippen LogP contribution in [-0.4, -0.2) is 65.8 Å². The predicted octanol–water partition coefficient (Wildman–Crippen LogP) is 2.07. The number of carbonyl (C=O) groups excluding carboxylic acids is 5. The van der Waals surface area contributed by atoms with E-state index >= 15 is 0 Å². The Labute approximate surface area is 221 Å². The fraction of sp³-hybridized carbons (Fsp3) is 0.679. The number of hydrogen-bond acceptors (Lipinski definition) is 10. The van der Waals surface area contributed by atoms with Crippen LogP contribution >= 0.6 is 0 Å². The van der Waals surface area contributed by atoms with E-state index < -0.39 is 64.4 Å². The summed E-state index contributed by atoms with van der Waals surface area (Å²) in [5.41, 5.74) is -3.54. The van der Waals surface area contributed by atoms with Crippen LogP contribution in [0, 0.1) is 34.5 Å². The number of ether oxygens (including phenoxy) is 4. The van der Waals surface area contributed by atoms with Crippen LogP contribution in [0.15, 0.2) is 23.3 Å². The number of Topliss-reactive ketones (excluding diaryl/α,β-unsaturated/α-hetero) is 1. The van der Waals surface area contributed by atoms with Gasteiger partial charge in [-0.1, -0.05) is 26.0 Å². The third kappa shape index (κ3) is 3.99. The molecule has 4 rings (SSSR count). The van der Waals surface area contributed by atoms with Gasteiger partial charge in [0.15, 0.2) is 23.6 Å². The lowest BCUT2D eigenvalue weighted by Gasteiger charge is -2.49. The van der Waals surface area contributed by atoms with Gasteiger partial charge in [0.1, 0.15) is 6.61 Å². The van der Waals surface area contributed by atoms with Crippen molar-refractivity contribution in [2.75, 3.05) is 13.2 Å². The normalized spacial score (nSPS) is 40.8. The van der Waals surface area contributed by atoms with Gasteiger partial charge in [0.05, 0.1) is 12.0 Å². The lowest BCUT2D eigenvalue weighted by molar-refractivity contribution is -0.211. The van der Waals surface area contributed by atoms with Gasteiger partial charge in [-0.25, -0.2) is 0 Å². The standard InChI is InChI=1S/C28H36O10/c1-13-10-27-14(2)8-21-22(26(21,7)12-36-16(4)30)20(23(27)33)9-19(11-35-15(3)29)25(38-18(6)32)28(27,34)24(13)37-17(5)31/h9-10,14,20-22,24-25,34H,8,11-12H2,1-7H3/t14-,20?,21-,22+,24+,25-,26+,27+,28-/m1/s1. The van der Waals surface area contributed by atoms with Gasteiger partial charge in [-0.2, -0.15) is 0 Å². The fourth-order valence-corrected chi connectivity index (χ4v) is 7.53. The molecule has 2 saturated carbocycles. The van der Waals surface area contributed by atoms with Crippen LogP contribution in [0.4, 0.5) is 0 Å². The van der Waals surface area contributed by atoms with Gasteiger partial charge in [-0.3, -0.25) is 24.0 Å². The van der Waals surface area contributed by atoms with Gasteiger partial charge in [0.25, 0.3) is 0 Å². The second kappa shape index (κ2) is 9.32. The Morgan fingerprint density at radius 1 is 0.974 bits per heavy atom. The van der Waals surface area contributed by atoms with Crippen molar-refractivity contribution in [2.45, 2.75) is 72.7 Å². The van der Waals surface area contributed by atoms with E-state index in [1.165, 1.54) is 27.7 Å². The molecule has 1 spiro atoms. The number of esters is 4. The van der Waals surface area contributed by atoms with Crippen LogP contribution in [0.3, 0.4) is 0 Å². The lowest BCUT2D eigenvalue weighted by Crippen LogP contribution is -2.66. The summed E-state index contributed by atoms with van der Waals surface area (Å²) in [6.45, 7) is 10.2. The van der Waals surface area contributed by atoms with Crippen LogP contribution in [-0.2, 0) is 42.9 Å². The molecule has 0 aromatic carbocycles. The summed E-state index contributed by atoms with van der Waals surface area (Å²) >= 11 is 0. The molecule has 10 heteroatoms. The van der Waals surface area contributed by atoms with E-state index in [4.69, 9.17) is 18.9 Å². The number of ketones is 1. The quantitative estimate of drug-likeness (QED) is 0.307. The summed E-state index contributed by atoms with van der Waals surface area (Å²) < 4.78 is 22.0. The number of rotatable bonds is 6. The van der Waals surface area contributed by atoms with Crippen LogP contribution < -0.4 is 0 Å². The Hall–Kier alpha value is -3.01. The van der Waals surface area contributed by atoms with E-state index in [9.17, 15) is 29.1 Å². The minimum absolute atomic E-state index is 0.00703. The van der Waals surface area contributed by atoms with Crippen LogP contribution in [0.1, 0.15) is 54.9 Å². The highest BCUT2D eigenvalue weighted by Crippen LogP contribution is 2.72. The SMILES string of the molecule is CC(=O)OCC1=CC2C(=O)[C@]3(C=C(C)[C@H](OC(C)=O)[C@@]3(O)[C@@H]1OC(C)=O)[C@H](C)C[C@@H]1[C@H]2[C@@]1(C)COC(C)=O. The second-order valence-corrected chi connectivity index (χ2v) is 11.5. The molecule has 38 heavy (non-hydrogen) atoms. The average Bonchev–Trinajstić information content (AvgIpc) is 3.34. The zero-order valence-electron chi connectivity index (χ0n) is 22.9. The Bertz CT molecular complexity index is 1150. The lowest BCUT2D eigenvalue weighted by atomic mass is 9.59. The molecule has 2 bridgehead atoms. The van der Waals surface area contributed by atoms with E-state index in [1.54, 1.807) is 19.1 Å². The Kier molecular flexibility index (Phi) is 6.87. The van der Waals surface area contributed by atoms with E-state index in [-0.39, 0.29) is 36.4 Å². The van der Waals surface area contributed by atoms with E-state index in [0.717, 1.165) is 0 Å². The van der Waals surface area contributed by atoms with Crippen LogP contribution in [0.2, 0.25) is 0 Å². The third-order valence-electron chi connectivity index (χ3n) is 9.07. The van der Waals surface area contributed by atoms with Gasteiger partial charge in [-0.05, 0) is 36.7 Å². The maximum absolute atomic E-state index is 14.7. The number of aliphatic hydroxyl groups is 1. The highest BCUT2D eigenvalue weighted by molar-refractivity contribution is 5.95. The highest BCUT2D eigenvalue weighted by atomic mass is 16.6. The summed E-state index contributed by atoms with van der Waals surface area (Å²) in [5.74, 6) is -4.18. The van der Waals surface area contributed by atoms with E-state index in [1.807, 2.05) is 13.8 Å². The molecule has 0 heterocycles. The van der Waals surface area contributed by atoms with Crippen molar-refractivity contribution >= 4 is 29.7 Å². The third-order valence-corrected chi connectivity index (χ3v) is 9.07. The van der Waals surface area contributed by atoms with E-state index in [2.05, 4.69) is 0 Å². The first-order valence-corrected chi connectivity index (χ1v) is 12.9. The topological polar surface area (TPSA) is 143 Å². The maximum atomic E-state index is 14.7. The molecule has 0 aromatic rings. The first kappa shape index (κ1) is 28.0. The molecule has 2 fully saturated rings. The molecule has 0 saturated heterocycles. The summed E-state index contributed by atoms with van der Waals surface area (Å²) in [5, 5.41) is 12.7. The van der Waals surface area contributed by atoms with Crippen molar-refractivity contribution in [2.24, 2.45) is 34.5 Å². The summed E-state index contributed by atoms with van der Waals surface area (Å²) in [6, 6.07) is 0. The minimum atomic E-state index is -2.19. The molecule has 1 unspecified atom stereocenters. The second-order valence-electron chi connectivity index (χ2n) is 11.5. The van der Waals surface area contributed by atoms with E-state index in [0.29, 0.717) is 12.0 Å². The molecule has 0 radical (unpaired) electrons. The number of fused-ring (bicyclic) bond motifs is 3. The predicted molar refractivity (Wildman–Crippen MR) is 131 cm³/mol. The van der Waals surface area contributed by atoms with Crippen molar-refractivity contribution in [3.63, 3.8) is 0 Å². The summed E-state index contributed by atoms with van der Waals surface area (Å²) in [4.78, 5) is 62.6. The van der Waals surface area contributed by atoms with Gasteiger partial charge in [-0.15, -0.1) is 0 Å². The number of allylic oxidation sites excluding steroid dienone is 1. The van der Waals surface area contributed by atoms with Crippen LogP contribution in [0.5, 0.6) is 0 Å². The van der Waals surface area contributed by atoms with Crippen molar-refractivity contribution in [1.29, 1.82) is 0 Å². The van der Waals surface area contributed by atoms with Gasteiger partial charge in [0.2, 0.25) is 0 Å². The molecule has 9 atom stereocenters. The number of hydrogen-bond donors (Lipinski definition) is 1. The summed E-state index contributed by atoms with van der Waals surface area (Å²) in [7, 11) is 0. The molecule has 0 aliphatic heterocycles. The first-order chi connectivity index (χ1) is 17.6. The van der Waals surface area contributed by atoms with Gasteiger partial charge >= 0.3 is 23.9 Å². The van der Waals surface area contributed by atoms with Crippen LogP contribution in [0.25, 0.3) is 0 Å². The molecule has 1 N–H and O–H groups in total. The molecule has 4 aliphatic rings. The zero-order chi connectivity index (χ0) is 28.4.